The number of nitrogens with zero attached hydrogens (tertiary/aromatic N) is 3. The average Bonchev–Trinajstić information content (AvgIpc) is 3.69. The van der Waals surface area contributed by atoms with E-state index < -0.39 is 5.41 Å². The molecule has 0 aliphatic heterocycles. The summed E-state index contributed by atoms with van der Waals surface area (Å²) in [6.07, 6.45) is 0. The molecule has 0 amide bonds. The van der Waals surface area contributed by atoms with Crippen LogP contribution in [-0.2, 0) is 5.41 Å². The average molecular weight is 648 g/mol. The Morgan fingerprint density at radius 1 is 0.294 bits per heavy atom. The number of rotatable bonds is 3. The van der Waals surface area contributed by atoms with Crippen LogP contribution in [0, 0.1) is 0 Å². The maximum atomic E-state index is 5.22. The van der Waals surface area contributed by atoms with Crippen molar-refractivity contribution in [3.63, 3.8) is 0 Å². The summed E-state index contributed by atoms with van der Waals surface area (Å²) >= 11 is 0. The second-order valence-electron chi connectivity index (χ2n) is 13.4. The van der Waals surface area contributed by atoms with Gasteiger partial charge in [0.1, 0.15) is 0 Å². The number of hydrogen-bond acceptors (Lipinski definition) is 3. The van der Waals surface area contributed by atoms with Gasteiger partial charge in [-0.1, -0.05) is 176 Å². The molecule has 2 aliphatic rings. The summed E-state index contributed by atoms with van der Waals surface area (Å²) in [6.45, 7) is 0. The van der Waals surface area contributed by atoms with Gasteiger partial charge >= 0.3 is 0 Å². The van der Waals surface area contributed by atoms with Crippen LogP contribution in [0.5, 0.6) is 0 Å². The van der Waals surface area contributed by atoms with Crippen molar-refractivity contribution >= 4 is 21.5 Å². The summed E-state index contributed by atoms with van der Waals surface area (Å²) in [7, 11) is 0. The summed E-state index contributed by atoms with van der Waals surface area (Å²) in [5, 5.41) is 5.13. The Hall–Kier alpha value is -6.71. The Bertz CT molecular complexity index is 2800. The molecule has 51 heavy (non-hydrogen) atoms. The van der Waals surface area contributed by atoms with Crippen molar-refractivity contribution < 1.29 is 0 Å². The Labute approximate surface area is 295 Å². The predicted molar refractivity (Wildman–Crippen MR) is 207 cm³/mol. The molecule has 1 heterocycles. The third-order valence-electron chi connectivity index (χ3n) is 10.9. The zero-order valence-electron chi connectivity index (χ0n) is 27.6. The summed E-state index contributed by atoms with van der Waals surface area (Å²) in [5.74, 6) is 1.99. The SMILES string of the molecule is c1ccc(-c2nc(-c3ccccc3)nc(-c3cccc4c3-c3ccccc3C43c4ccccc4-c4c3c3ccccc3c3ccccc43)n2)cc1. The van der Waals surface area contributed by atoms with Gasteiger partial charge < -0.3 is 0 Å². The number of benzene rings is 8. The molecule has 1 aromatic heterocycles. The van der Waals surface area contributed by atoms with E-state index in [4.69, 9.17) is 15.0 Å². The summed E-state index contributed by atoms with van der Waals surface area (Å²) < 4.78 is 0. The third-order valence-corrected chi connectivity index (χ3v) is 10.9. The largest absolute Gasteiger partial charge is 0.208 e. The molecule has 3 heteroatoms. The summed E-state index contributed by atoms with van der Waals surface area (Å²) in [6, 6.07) is 63.1. The van der Waals surface area contributed by atoms with Gasteiger partial charge in [-0.2, -0.15) is 0 Å². The van der Waals surface area contributed by atoms with Crippen LogP contribution in [-0.4, -0.2) is 15.0 Å². The molecule has 8 aromatic carbocycles. The van der Waals surface area contributed by atoms with Crippen molar-refractivity contribution in [3.8, 4) is 56.4 Å². The van der Waals surface area contributed by atoms with Gasteiger partial charge in [0, 0.05) is 16.7 Å². The Morgan fingerprint density at radius 3 is 1.35 bits per heavy atom. The molecular formula is C48H29N3. The van der Waals surface area contributed by atoms with Crippen molar-refractivity contribution in [3.05, 3.63) is 198 Å². The molecule has 0 saturated carbocycles. The van der Waals surface area contributed by atoms with Crippen LogP contribution in [0.15, 0.2) is 176 Å². The smallest absolute Gasteiger partial charge is 0.164 e. The van der Waals surface area contributed by atoms with E-state index in [1.54, 1.807) is 0 Å². The maximum Gasteiger partial charge on any atom is 0.164 e. The van der Waals surface area contributed by atoms with Gasteiger partial charge in [-0.15, -0.1) is 0 Å². The predicted octanol–water partition coefficient (Wildman–Crippen LogP) is 11.5. The minimum Gasteiger partial charge on any atom is -0.208 e. The molecule has 236 valence electrons. The molecule has 0 N–H and O–H groups in total. The van der Waals surface area contributed by atoms with E-state index in [0.29, 0.717) is 17.5 Å². The minimum absolute atomic E-state index is 0.533. The molecule has 0 radical (unpaired) electrons. The molecule has 1 spiro atoms. The normalized spacial score (nSPS) is 15.1. The highest BCUT2D eigenvalue weighted by atomic mass is 15.0. The van der Waals surface area contributed by atoms with Gasteiger partial charge in [-0.25, -0.2) is 15.0 Å². The minimum atomic E-state index is -0.533. The lowest BCUT2D eigenvalue weighted by Crippen LogP contribution is -2.26. The standard InChI is InChI=1S/C48H29N3/c1-3-16-30(17-4-1)45-49-46(31-18-5-2-6-19-31)51-47(50-45)38-26-15-29-41-42(38)36-24-11-13-27-39(36)48(41)40-28-14-12-25-37(40)43-34-22-9-7-20-32(34)33-21-8-10-23-35(33)44(43)48/h1-29H. The molecule has 1 unspecified atom stereocenters. The highest BCUT2D eigenvalue weighted by Gasteiger charge is 2.53. The number of fused-ring (bicyclic) bond motifs is 15. The van der Waals surface area contributed by atoms with Crippen molar-refractivity contribution in [1.82, 2.24) is 15.0 Å². The maximum absolute atomic E-state index is 5.22. The van der Waals surface area contributed by atoms with Crippen molar-refractivity contribution in [2.24, 2.45) is 0 Å². The van der Waals surface area contributed by atoms with E-state index in [2.05, 4.69) is 140 Å². The molecule has 11 rings (SSSR count). The molecule has 9 aromatic rings. The summed E-state index contributed by atoms with van der Waals surface area (Å²) in [5.41, 5.74) is 12.6. The topological polar surface area (TPSA) is 38.7 Å². The summed E-state index contributed by atoms with van der Waals surface area (Å²) in [4.78, 5) is 15.5. The van der Waals surface area contributed by atoms with Crippen LogP contribution in [0.1, 0.15) is 22.3 Å². The second kappa shape index (κ2) is 10.6. The van der Waals surface area contributed by atoms with Crippen LogP contribution < -0.4 is 0 Å². The fourth-order valence-electron chi connectivity index (χ4n) is 8.98. The van der Waals surface area contributed by atoms with Crippen LogP contribution in [0.4, 0.5) is 0 Å². The number of hydrogen-bond donors (Lipinski definition) is 0. The molecule has 0 fully saturated rings. The van der Waals surface area contributed by atoms with E-state index >= 15 is 0 Å². The van der Waals surface area contributed by atoms with E-state index in [1.807, 2.05) is 36.4 Å². The fraction of sp³-hybridized carbons (Fsp3) is 0.0208. The van der Waals surface area contributed by atoms with Gasteiger partial charge in [-0.3, -0.25) is 0 Å². The molecule has 1 atom stereocenters. The van der Waals surface area contributed by atoms with E-state index in [0.717, 1.165) is 16.7 Å². The van der Waals surface area contributed by atoms with Crippen molar-refractivity contribution in [2.75, 3.05) is 0 Å². The van der Waals surface area contributed by atoms with Crippen LogP contribution in [0.25, 0.3) is 78.0 Å². The van der Waals surface area contributed by atoms with E-state index in [-0.39, 0.29) is 0 Å². The zero-order chi connectivity index (χ0) is 33.5. The molecular weight excluding hydrogens is 619 g/mol. The first kappa shape index (κ1) is 28.2. The molecule has 0 bridgehead atoms. The van der Waals surface area contributed by atoms with E-state index in [1.165, 1.54) is 66.1 Å². The lowest BCUT2D eigenvalue weighted by atomic mass is 9.69. The van der Waals surface area contributed by atoms with Crippen molar-refractivity contribution in [1.29, 1.82) is 0 Å². The fourth-order valence-corrected chi connectivity index (χ4v) is 8.98. The third kappa shape index (κ3) is 3.80. The van der Waals surface area contributed by atoms with Gasteiger partial charge in [0.15, 0.2) is 17.5 Å². The quantitative estimate of drug-likeness (QED) is 0.179. The lowest BCUT2D eigenvalue weighted by Gasteiger charge is -2.32. The van der Waals surface area contributed by atoms with Gasteiger partial charge in [0.25, 0.3) is 0 Å². The van der Waals surface area contributed by atoms with E-state index in [9.17, 15) is 0 Å². The zero-order valence-corrected chi connectivity index (χ0v) is 27.6. The second-order valence-corrected chi connectivity index (χ2v) is 13.4. The highest BCUT2D eigenvalue weighted by Crippen LogP contribution is 2.66. The lowest BCUT2D eigenvalue weighted by molar-refractivity contribution is 0.802. The van der Waals surface area contributed by atoms with Gasteiger partial charge in [0.2, 0.25) is 0 Å². The molecule has 2 aliphatic carbocycles. The molecule has 3 nitrogen and oxygen atoms in total. The highest BCUT2D eigenvalue weighted by molar-refractivity contribution is 6.20. The van der Waals surface area contributed by atoms with Crippen LogP contribution >= 0.6 is 0 Å². The first-order valence-corrected chi connectivity index (χ1v) is 17.5. The first-order chi connectivity index (χ1) is 25.3. The van der Waals surface area contributed by atoms with Crippen LogP contribution in [0.3, 0.4) is 0 Å². The van der Waals surface area contributed by atoms with Gasteiger partial charge in [-0.05, 0) is 66.1 Å². The Morgan fingerprint density at radius 2 is 0.725 bits per heavy atom. The molecule has 0 saturated heterocycles. The van der Waals surface area contributed by atoms with Crippen molar-refractivity contribution in [2.45, 2.75) is 5.41 Å². The van der Waals surface area contributed by atoms with Gasteiger partial charge in [0.05, 0.1) is 5.41 Å². The Balaban J connectivity index is 1.28. The monoisotopic (exact) mass is 647 g/mol. The first-order valence-electron chi connectivity index (χ1n) is 17.5. The Kier molecular flexibility index (Phi) is 5.88. The number of aromatic nitrogens is 3. The van der Waals surface area contributed by atoms with Crippen LogP contribution in [0.2, 0.25) is 0 Å².